The molecule has 0 bridgehead atoms. The molecule has 0 saturated carbocycles. The smallest absolute Gasteiger partial charge is 0.245 e. The summed E-state index contributed by atoms with van der Waals surface area (Å²) in [5.41, 5.74) is 5.81. The largest absolute Gasteiger partial charge is 0.376 e. The van der Waals surface area contributed by atoms with Gasteiger partial charge in [0.15, 0.2) is 0 Å². The summed E-state index contributed by atoms with van der Waals surface area (Å²) in [5, 5.41) is 14.5. The minimum absolute atomic E-state index is 0.0488. The van der Waals surface area contributed by atoms with Crippen LogP contribution in [-0.2, 0) is 16.6 Å². The summed E-state index contributed by atoms with van der Waals surface area (Å²) in [6.07, 6.45) is 0. The zero-order valence-electron chi connectivity index (χ0n) is 16.7. The van der Waals surface area contributed by atoms with Crippen LogP contribution in [0, 0.1) is 11.6 Å². The number of rotatable bonds is 5. The van der Waals surface area contributed by atoms with Crippen molar-refractivity contribution in [2.75, 3.05) is 13.2 Å². The Kier molecular flexibility index (Phi) is 5.46. The first-order valence-corrected chi connectivity index (χ1v) is 9.76. The maximum absolute atomic E-state index is 15.0. The van der Waals surface area contributed by atoms with Gasteiger partial charge in [0.1, 0.15) is 17.2 Å². The summed E-state index contributed by atoms with van der Waals surface area (Å²) >= 11 is 6.04. The number of nitrogens with one attached hydrogen (secondary N) is 1. The number of amides is 1. The number of hydrogen-bond donors (Lipinski definition) is 2. The molecule has 3 N–H and O–H groups in total. The van der Waals surface area contributed by atoms with Crippen molar-refractivity contribution in [2.24, 2.45) is 12.8 Å². The van der Waals surface area contributed by atoms with Crippen LogP contribution in [0.15, 0.2) is 30.3 Å². The van der Waals surface area contributed by atoms with Crippen molar-refractivity contribution in [3.63, 3.8) is 0 Å². The Morgan fingerprint density at radius 2 is 2.03 bits per heavy atom. The average molecular weight is 449 g/mol. The van der Waals surface area contributed by atoms with E-state index in [1.807, 2.05) is 0 Å². The number of ether oxygens (including phenoxy) is 1. The molecule has 162 valence electrons. The second kappa shape index (κ2) is 7.95. The number of hydrogen-bond acceptors (Lipinski definition) is 6. The number of nitrogens with two attached hydrogens (primary N) is 1. The van der Waals surface area contributed by atoms with Gasteiger partial charge in [-0.1, -0.05) is 23.7 Å². The molecule has 2 heterocycles. The van der Waals surface area contributed by atoms with Crippen LogP contribution in [0.1, 0.15) is 18.5 Å². The van der Waals surface area contributed by atoms with E-state index in [0.717, 1.165) is 6.07 Å². The fourth-order valence-electron chi connectivity index (χ4n) is 3.33. The van der Waals surface area contributed by atoms with Crippen molar-refractivity contribution in [1.29, 1.82) is 0 Å². The Hall–Kier alpha value is -2.95. The lowest BCUT2D eigenvalue weighted by Crippen LogP contribution is -2.66. The predicted octanol–water partition coefficient (Wildman–Crippen LogP) is 2.38. The molecule has 2 aromatic carbocycles. The van der Waals surface area contributed by atoms with Crippen molar-refractivity contribution >= 4 is 17.5 Å². The van der Waals surface area contributed by atoms with E-state index >= 15 is 0 Å². The van der Waals surface area contributed by atoms with Gasteiger partial charge in [-0.3, -0.25) is 4.79 Å². The van der Waals surface area contributed by atoms with Gasteiger partial charge >= 0.3 is 0 Å². The Morgan fingerprint density at radius 3 is 2.61 bits per heavy atom. The molecule has 1 aliphatic rings. The Balaban J connectivity index is 1.68. The van der Waals surface area contributed by atoms with Crippen molar-refractivity contribution in [3.05, 3.63) is 52.6 Å². The van der Waals surface area contributed by atoms with Crippen LogP contribution in [0.25, 0.3) is 22.5 Å². The number of carbonyl (C=O) groups excluding carboxylic acids is 1. The van der Waals surface area contributed by atoms with Gasteiger partial charge in [-0.05, 0) is 41.5 Å². The highest BCUT2D eigenvalue weighted by molar-refractivity contribution is 6.31. The molecule has 1 aliphatic heterocycles. The van der Waals surface area contributed by atoms with Gasteiger partial charge < -0.3 is 15.8 Å². The summed E-state index contributed by atoms with van der Waals surface area (Å²) in [6, 6.07) is 6.36. The average Bonchev–Trinajstić information content (AvgIpc) is 3.10. The Bertz CT molecular complexity index is 1160. The lowest BCUT2D eigenvalue weighted by atomic mass is 9.95. The zero-order valence-corrected chi connectivity index (χ0v) is 17.5. The molecule has 1 saturated heterocycles. The van der Waals surface area contributed by atoms with Crippen LogP contribution in [0.4, 0.5) is 8.78 Å². The minimum Gasteiger partial charge on any atom is -0.376 e. The highest BCUT2D eigenvalue weighted by Crippen LogP contribution is 2.36. The third-order valence-electron chi connectivity index (χ3n) is 5.08. The summed E-state index contributed by atoms with van der Waals surface area (Å²) in [6.45, 7) is 1.88. The predicted molar refractivity (Wildman–Crippen MR) is 109 cm³/mol. The number of halogens is 3. The molecule has 0 radical (unpaired) electrons. The van der Waals surface area contributed by atoms with Gasteiger partial charge in [-0.2, -0.15) is 4.80 Å². The monoisotopic (exact) mass is 448 g/mol. The zero-order chi connectivity index (χ0) is 22.3. The van der Waals surface area contributed by atoms with Crippen LogP contribution >= 0.6 is 11.6 Å². The fourth-order valence-corrected chi connectivity index (χ4v) is 3.53. The van der Waals surface area contributed by atoms with Crippen molar-refractivity contribution in [2.45, 2.75) is 18.5 Å². The van der Waals surface area contributed by atoms with Gasteiger partial charge in [0.25, 0.3) is 0 Å². The van der Waals surface area contributed by atoms with E-state index in [1.54, 1.807) is 20.0 Å². The molecule has 0 aliphatic carbocycles. The molecule has 1 atom stereocenters. The summed E-state index contributed by atoms with van der Waals surface area (Å²) in [4.78, 5) is 13.5. The Labute approximate surface area is 181 Å². The number of aryl methyl sites for hydroxylation is 1. The molecule has 1 aromatic heterocycles. The molecule has 4 rings (SSSR count). The SMILES string of the molecule is C[C@@H](NC(=O)C1(N)COC1)c1ccc(-c2cc(Cl)cc(F)c2-c2nnn(C)n2)cc1F. The lowest BCUT2D eigenvalue weighted by molar-refractivity contribution is -0.144. The van der Waals surface area contributed by atoms with Gasteiger partial charge in [-0.25, -0.2) is 8.78 Å². The van der Waals surface area contributed by atoms with E-state index in [-0.39, 0.29) is 35.2 Å². The molecule has 1 amide bonds. The normalized spacial score (nSPS) is 15.9. The van der Waals surface area contributed by atoms with E-state index < -0.39 is 29.1 Å². The maximum atomic E-state index is 15.0. The summed E-state index contributed by atoms with van der Waals surface area (Å²) < 4.78 is 34.7. The van der Waals surface area contributed by atoms with Crippen LogP contribution in [0.2, 0.25) is 5.02 Å². The molecule has 31 heavy (non-hydrogen) atoms. The van der Waals surface area contributed by atoms with Gasteiger partial charge in [-0.15, -0.1) is 10.2 Å². The quantitative estimate of drug-likeness (QED) is 0.620. The molecular formula is C20H19ClF2N6O2. The number of nitrogens with zero attached hydrogens (tertiary/aromatic N) is 4. The number of carbonyl (C=O) groups is 1. The summed E-state index contributed by atoms with van der Waals surface area (Å²) in [5.74, 6) is -1.60. The van der Waals surface area contributed by atoms with E-state index in [9.17, 15) is 13.6 Å². The van der Waals surface area contributed by atoms with Crippen LogP contribution < -0.4 is 11.1 Å². The molecule has 11 heteroatoms. The van der Waals surface area contributed by atoms with Gasteiger partial charge in [0.2, 0.25) is 11.7 Å². The molecule has 0 spiro atoms. The first-order valence-electron chi connectivity index (χ1n) is 9.39. The van der Waals surface area contributed by atoms with Crippen molar-refractivity contribution < 1.29 is 18.3 Å². The second-order valence-electron chi connectivity index (χ2n) is 7.49. The van der Waals surface area contributed by atoms with Crippen LogP contribution in [0.5, 0.6) is 0 Å². The number of tetrazole rings is 1. The highest BCUT2D eigenvalue weighted by atomic mass is 35.5. The van der Waals surface area contributed by atoms with E-state index in [1.165, 1.54) is 23.0 Å². The maximum Gasteiger partial charge on any atom is 0.245 e. The molecule has 8 nitrogen and oxygen atoms in total. The van der Waals surface area contributed by atoms with E-state index in [2.05, 4.69) is 20.7 Å². The molecule has 0 unspecified atom stereocenters. The number of benzene rings is 2. The standard InChI is InChI=1S/C20H19ClF2N6O2/c1-10(25-19(30)20(24)8-31-9-20)13-4-3-11(5-15(13)22)14-6-12(21)7-16(23)17(14)18-26-28-29(2)27-18/h3-7,10H,8-9,24H2,1-2H3,(H,25,30)/t10-/m1/s1. The molecule has 1 fully saturated rings. The fraction of sp³-hybridized carbons (Fsp3) is 0.300. The van der Waals surface area contributed by atoms with Crippen LogP contribution in [0.3, 0.4) is 0 Å². The first kappa shape index (κ1) is 21.3. The first-order chi connectivity index (χ1) is 14.7. The number of aromatic nitrogens is 4. The van der Waals surface area contributed by atoms with E-state index in [4.69, 9.17) is 22.1 Å². The van der Waals surface area contributed by atoms with E-state index in [0.29, 0.717) is 11.1 Å². The van der Waals surface area contributed by atoms with Gasteiger partial charge in [0.05, 0.1) is 31.9 Å². The molecular weight excluding hydrogens is 430 g/mol. The molecule has 3 aromatic rings. The Morgan fingerprint density at radius 1 is 1.29 bits per heavy atom. The summed E-state index contributed by atoms with van der Waals surface area (Å²) in [7, 11) is 1.55. The van der Waals surface area contributed by atoms with Crippen molar-refractivity contribution in [3.8, 4) is 22.5 Å². The highest BCUT2D eigenvalue weighted by Gasteiger charge is 2.42. The second-order valence-corrected chi connectivity index (χ2v) is 7.93. The minimum atomic E-state index is -1.10. The van der Waals surface area contributed by atoms with Gasteiger partial charge in [0, 0.05) is 10.6 Å². The van der Waals surface area contributed by atoms with Crippen molar-refractivity contribution in [1.82, 2.24) is 25.5 Å². The topological polar surface area (TPSA) is 108 Å². The lowest BCUT2D eigenvalue weighted by Gasteiger charge is -2.36. The van der Waals surface area contributed by atoms with Crippen LogP contribution in [-0.4, -0.2) is 44.9 Å². The third-order valence-corrected chi connectivity index (χ3v) is 5.30. The third kappa shape index (κ3) is 4.01.